The minimum Gasteiger partial charge on any atom is -0.463 e. The molecule has 1 atom stereocenters. The summed E-state index contributed by atoms with van der Waals surface area (Å²) in [5.74, 6) is -0.117. The summed E-state index contributed by atoms with van der Waals surface area (Å²) >= 11 is 0. The molecule has 1 fully saturated rings. The summed E-state index contributed by atoms with van der Waals surface area (Å²) in [6.45, 7) is 2.42. The lowest BCUT2D eigenvalue weighted by atomic mass is 9.80. The van der Waals surface area contributed by atoms with Crippen LogP contribution in [0.4, 0.5) is 0 Å². The van der Waals surface area contributed by atoms with Crippen LogP contribution in [0.25, 0.3) is 0 Å². The molecule has 0 saturated carbocycles. The number of ether oxygens (including phenoxy) is 1. The van der Waals surface area contributed by atoms with E-state index in [1.54, 1.807) is 0 Å². The highest BCUT2D eigenvalue weighted by Crippen LogP contribution is 2.32. The standard InChI is InChI=1S/C10H10O2/c1-10(7-12-9(10)11)8-5-3-2-4-6-8/h2-6H,7H2,1H3. The van der Waals surface area contributed by atoms with Crippen molar-refractivity contribution < 1.29 is 9.53 Å². The first-order valence-corrected chi connectivity index (χ1v) is 3.96. The van der Waals surface area contributed by atoms with Gasteiger partial charge < -0.3 is 4.74 Å². The number of hydrogen-bond acceptors (Lipinski definition) is 2. The molecule has 62 valence electrons. The molecule has 1 heterocycles. The summed E-state index contributed by atoms with van der Waals surface area (Å²) in [7, 11) is 0. The van der Waals surface area contributed by atoms with E-state index in [0.29, 0.717) is 6.61 Å². The van der Waals surface area contributed by atoms with Crippen molar-refractivity contribution in [3.05, 3.63) is 35.9 Å². The average molecular weight is 162 g/mol. The molecule has 1 aliphatic heterocycles. The predicted molar refractivity (Wildman–Crippen MR) is 44.8 cm³/mol. The van der Waals surface area contributed by atoms with Gasteiger partial charge in [0.1, 0.15) is 12.0 Å². The predicted octanol–water partition coefficient (Wildman–Crippen LogP) is 1.50. The fourth-order valence-corrected chi connectivity index (χ4v) is 1.35. The van der Waals surface area contributed by atoms with Crippen LogP contribution >= 0.6 is 0 Å². The molecule has 1 aromatic rings. The van der Waals surface area contributed by atoms with Crippen molar-refractivity contribution in [1.82, 2.24) is 0 Å². The highest BCUT2D eigenvalue weighted by Gasteiger charge is 2.46. The van der Waals surface area contributed by atoms with Crippen molar-refractivity contribution in [2.45, 2.75) is 12.3 Å². The normalized spacial score (nSPS) is 27.6. The number of carbonyl (C=O) groups is 1. The first-order valence-electron chi connectivity index (χ1n) is 3.96. The Hall–Kier alpha value is -1.31. The lowest BCUT2D eigenvalue weighted by molar-refractivity contribution is -0.171. The summed E-state index contributed by atoms with van der Waals surface area (Å²) in [4.78, 5) is 11.1. The Balaban J connectivity index is 2.37. The SMILES string of the molecule is CC1(c2ccccc2)COC1=O. The molecule has 0 aromatic heterocycles. The molecule has 1 unspecified atom stereocenters. The van der Waals surface area contributed by atoms with E-state index in [-0.39, 0.29) is 11.4 Å². The molecule has 2 heteroatoms. The molecule has 0 aliphatic carbocycles. The van der Waals surface area contributed by atoms with Crippen molar-refractivity contribution in [2.75, 3.05) is 6.61 Å². The molecule has 0 spiro atoms. The van der Waals surface area contributed by atoms with E-state index in [4.69, 9.17) is 4.74 Å². The molecule has 1 aliphatic rings. The van der Waals surface area contributed by atoms with Gasteiger partial charge in [-0.1, -0.05) is 30.3 Å². The molecule has 0 radical (unpaired) electrons. The lowest BCUT2D eigenvalue weighted by Crippen LogP contribution is -2.49. The monoisotopic (exact) mass is 162 g/mol. The minimum absolute atomic E-state index is 0.117. The van der Waals surface area contributed by atoms with E-state index >= 15 is 0 Å². The molecule has 1 aromatic carbocycles. The fourth-order valence-electron chi connectivity index (χ4n) is 1.35. The van der Waals surface area contributed by atoms with Crippen molar-refractivity contribution in [1.29, 1.82) is 0 Å². The van der Waals surface area contributed by atoms with Crippen molar-refractivity contribution in [2.24, 2.45) is 0 Å². The summed E-state index contributed by atoms with van der Waals surface area (Å²) in [5.41, 5.74) is 0.655. The van der Waals surface area contributed by atoms with Crippen molar-refractivity contribution >= 4 is 5.97 Å². The third kappa shape index (κ3) is 0.843. The third-order valence-electron chi connectivity index (χ3n) is 2.35. The first kappa shape index (κ1) is 7.35. The third-order valence-corrected chi connectivity index (χ3v) is 2.35. The van der Waals surface area contributed by atoms with E-state index in [1.165, 1.54) is 0 Å². The number of rotatable bonds is 1. The van der Waals surface area contributed by atoms with Gasteiger partial charge in [0.25, 0.3) is 0 Å². The highest BCUT2D eigenvalue weighted by atomic mass is 16.6. The average Bonchev–Trinajstić information content (AvgIpc) is 2.16. The Kier molecular flexibility index (Phi) is 1.43. The smallest absolute Gasteiger partial charge is 0.319 e. The van der Waals surface area contributed by atoms with Gasteiger partial charge in [-0.15, -0.1) is 0 Å². The quantitative estimate of drug-likeness (QED) is 0.585. The van der Waals surface area contributed by atoms with Gasteiger partial charge in [-0.05, 0) is 12.5 Å². The Bertz CT molecular complexity index is 305. The van der Waals surface area contributed by atoms with Gasteiger partial charge in [0.2, 0.25) is 0 Å². The van der Waals surface area contributed by atoms with E-state index in [9.17, 15) is 4.79 Å². The van der Waals surface area contributed by atoms with Gasteiger partial charge in [0.05, 0.1) is 0 Å². The zero-order chi connectivity index (χ0) is 8.60. The Morgan fingerprint density at radius 2 is 2.00 bits per heavy atom. The molecular weight excluding hydrogens is 152 g/mol. The largest absolute Gasteiger partial charge is 0.463 e. The van der Waals surface area contributed by atoms with Gasteiger partial charge in [-0.2, -0.15) is 0 Å². The van der Waals surface area contributed by atoms with Crippen LogP contribution in [0, 0.1) is 0 Å². The van der Waals surface area contributed by atoms with Crippen LogP contribution in [0.1, 0.15) is 12.5 Å². The Morgan fingerprint density at radius 3 is 2.42 bits per heavy atom. The summed E-state index contributed by atoms with van der Waals surface area (Å²) < 4.78 is 4.76. The van der Waals surface area contributed by atoms with Crippen molar-refractivity contribution in [3.8, 4) is 0 Å². The maximum atomic E-state index is 11.1. The fraction of sp³-hybridized carbons (Fsp3) is 0.300. The minimum atomic E-state index is -0.388. The van der Waals surface area contributed by atoms with Gasteiger partial charge in [-0.25, -0.2) is 0 Å². The first-order chi connectivity index (χ1) is 5.73. The van der Waals surface area contributed by atoms with Crippen LogP contribution in [0.3, 0.4) is 0 Å². The molecule has 0 amide bonds. The molecule has 1 saturated heterocycles. The van der Waals surface area contributed by atoms with Crippen LogP contribution in [-0.2, 0) is 14.9 Å². The second-order valence-electron chi connectivity index (χ2n) is 3.27. The summed E-state index contributed by atoms with van der Waals surface area (Å²) in [6, 6.07) is 9.73. The zero-order valence-corrected chi connectivity index (χ0v) is 6.91. The number of hydrogen-bond donors (Lipinski definition) is 0. The second kappa shape index (κ2) is 2.34. The molecular formula is C10H10O2. The van der Waals surface area contributed by atoms with Crippen LogP contribution in [0.5, 0.6) is 0 Å². The number of esters is 1. The molecule has 0 bridgehead atoms. The summed E-state index contributed by atoms with van der Waals surface area (Å²) in [5, 5.41) is 0. The Morgan fingerprint density at radius 1 is 1.33 bits per heavy atom. The van der Waals surface area contributed by atoms with E-state index in [2.05, 4.69) is 0 Å². The molecule has 12 heavy (non-hydrogen) atoms. The van der Waals surface area contributed by atoms with Gasteiger partial charge in [-0.3, -0.25) is 4.79 Å². The molecule has 2 nitrogen and oxygen atoms in total. The highest BCUT2D eigenvalue weighted by molar-refractivity contribution is 5.87. The van der Waals surface area contributed by atoms with Crippen LogP contribution in [0.15, 0.2) is 30.3 Å². The maximum Gasteiger partial charge on any atom is 0.319 e. The van der Waals surface area contributed by atoms with Crippen molar-refractivity contribution in [3.63, 3.8) is 0 Å². The lowest BCUT2D eigenvalue weighted by Gasteiger charge is -2.35. The number of cyclic esters (lactones) is 1. The zero-order valence-electron chi connectivity index (χ0n) is 6.91. The molecule has 0 N–H and O–H groups in total. The topological polar surface area (TPSA) is 26.3 Å². The Labute approximate surface area is 71.2 Å². The number of carbonyl (C=O) groups excluding carboxylic acids is 1. The van der Waals surface area contributed by atoms with E-state index < -0.39 is 0 Å². The van der Waals surface area contributed by atoms with Crippen LogP contribution in [-0.4, -0.2) is 12.6 Å². The second-order valence-corrected chi connectivity index (χ2v) is 3.27. The van der Waals surface area contributed by atoms with Gasteiger partial charge in [0.15, 0.2) is 0 Å². The maximum absolute atomic E-state index is 11.1. The van der Waals surface area contributed by atoms with Gasteiger partial charge in [0, 0.05) is 0 Å². The molecule has 2 rings (SSSR count). The van der Waals surface area contributed by atoms with E-state index in [1.807, 2.05) is 37.3 Å². The van der Waals surface area contributed by atoms with Crippen LogP contribution in [0.2, 0.25) is 0 Å². The van der Waals surface area contributed by atoms with Crippen LogP contribution < -0.4 is 0 Å². The summed E-state index contributed by atoms with van der Waals surface area (Å²) in [6.07, 6.45) is 0. The number of benzene rings is 1. The van der Waals surface area contributed by atoms with Gasteiger partial charge >= 0.3 is 5.97 Å². The van der Waals surface area contributed by atoms with E-state index in [0.717, 1.165) is 5.56 Å².